The van der Waals surface area contributed by atoms with Crippen molar-refractivity contribution in [3.8, 4) is 0 Å². The first-order chi connectivity index (χ1) is 9.00. The Morgan fingerprint density at radius 3 is 2.79 bits per heavy atom. The van der Waals surface area contributed by atoms with E-state index in [-0.39, 0.29) is 11.9 Å². The van der Waals surface area contributed by atoms with E-state index in [0.717, 1.165) is 24.9 Å². The Bertz CT molecular complexity index is 456. The van der Waals surface area contributed by atoms with Crippen LogP contribution >= 0.6 is 0 Å². The van der Waals surface area contributed by atoms with Crippen molar-refractivity contribution in [2.24, 2.45) is 11.7 Å². The summed E-state index contributed by atoms with van der Waals surface area (Å²) < 4.78 is 0. The average Bonchev–Trinajstić information content (AvgIpc) is 2.37. The number of carbonyl (C=O) groups excluding carboxylic acids is 1. The maximum Gasteiger partial charge on any atom is 0.244 e. The van der Waals surface area contributed by atoms with E-state index in [0.29, 0.717) is 5.92 Å². The highest BCUT2D eigenvalue weighted by Crippen LogP contribution is 2.31. The van der Waals surface area contributed by atoms with Crippen LogP contribution in [-0.4, -0.2) is 18.0 Å². The monoisotopic (exact) mass is 260 g/mol. The first kappa shape index (κ1) is 14.1. The van der Waals surface area contributed by atoms with Crippen LogP contribution in [0, 0.1) is 5.92 Å². The van der Waals surface area contributed by atoms with Crippen LogP contribution in [0.1, 0.15) is 39.2 Å². The zero-order valence-corrected chi connectivity index (χ0v) is 12.1. The third-order valence-electron chi connectivity index (χ3n) is 3.80. The van der Waals surface area contributed by atoms with Crippen molar-refractivity contribution in [3.05, 3.63) is 29.8 Å². The number of hydrogen-bond acceptors (Lipinski definition) is 2. The summed E-state index contributed by atoms with van der Waals surface area (Å²) in [5.41, 5.74) is 8.38. The van der Waals surface area contributed by atoms with E-state index in [4.69, 9.17) is 5.73 Å². The molecule has 1 aromatic rings. The molecule has 3 nitrogen and oxygen atoms in total. The summed E-state index contributed by atoms with van der Waals surface area (Å²) in [7, 11) is 0. The van der Waals surface area contributed by atoms with Crippen molar-refractivity contribution in [3.63, 3.8) is 0 Å². The first-order valence-corrected chi connectivity index (χ1v) is 7.17. The standard InChI is InChI=1S/C16H24N2O/c1-11(2)10-14(17)16(19)18-12(3)8-9-13-6-4-5-7-15(13)18/h4-7,11-12,14H,8-10,17H2,1-3H3/t12?,14-/m0/s1. The molecule has 2 rings (SSSR count). The van der Waals surface area contributed by atoms with Gasteiger partial charge in [0.2, 0.25) is 5.91 Å². The fraction of sp³-hybridized carbons (Fsp3) is 0.562. The Morgan fingerprint density at radius 2 is 2.11 bits per heavy atom. The lowest BCUT2D eigenvalue weighted by Crippen LogP contribution is -2.50. The van der Waals surface area contributed by atoms with Gasteiger partial charge in [-0.3, -0.25) is 4.79 Å². The number of anilines is 1. The molecular formula is C16H24N2O. The third-order valence-corrected chi connectivity index (χ3v) is 3.80. The van der Waals surface area contributed by atoms with Crippen molar-refractivity contribution in [1.29, 1.82) is 0 Å². The molecule has 0 bridgehead atoms. The minimum absolute atomic E-state index is 0.0633. The average molecular weight is 260 g/mol. The molecule has 0 aromatic heterocycles. The lowest BCUT2D eigenvalue weighted by Gasteiger charge is -2.37. The number of rotatable bonds is 3. The minimum atomic E-state index is -0.395. The van der Waals surface area contributed by atoms with Crippen LogP contribution in [0.15, 0.2) is 24.3 Å². The van der Waals surface area contributed by atoms with Crippen LogP contribution in [0.5, 0.6) is 0 Å². The van der Waals surface area contributed by atoms with Gasteiger partial charge in [0.15, 0.2) is 0 Å². The largest absolute Gasteiger partial charge is 0.320 e. The van der Waals surface area contributed by atoms with Crippen LogP contribution in [0.3, 0.4) is 0 Å². The van der Waals surface area contributed by atoms with Gasteiger partial charge in [-0.15, -0.1) is 0 Å². The van der Waals surface area contributed by atoms with Gasteiger partial charge in [0.05, 0.1) is 6.04 Å². The van der Waals surface area contributed by atoms with Crippen LogP contribution in [0.2, 0.25) is 0 Å². The van der Waals surface area contributed by atoms with Gasteiger partial charge in [0.1, 0.15) is 0 Å². The maximum atomic E-state index is 12.6. The summed E-state index contributed by atoms with van der Waals surface area (Å²) in [6.07, 6.45) is 2.79. The maximum absolute atomic E-state index is 12.6. The molecule has 1 amide bonds. The van der Waals surface area contributed by atoms with Gasteiger partial charge >= 0.3 is 0 Å². The molecule has 0 saturated carbocycles. The number of benzene rings is 1. The molecule has 0 saturated heterocycles. The van der Waals surface area contributed by atoms with Gasteiger partial charge in [0.25, 0.3) is 0 Å². The molecule has 1 aliphatic heterocycles. The highest BCUT2D eigenvalue weighted by Gasteiger charge is 2.31. The van der Waals surface area contributed by atoms with Gasteiger partial charge in [-0.1, -0.05) is 32.0 Å². The molecule has 2 atom stereocenters. The Balaban J connectivity index is 2.25. The second kappa shape index (κ2) is 5.74. The summed E-state index contributed by atoms with van der Waals surface area (Å²) in [6.45, 7) is 6.30. The number of fused-ring (bicyclic) bond motifs is 1. The van der Waals surface area contributed by atoms with E-state index in [9.17, 15) is 4.79 Å². The van der Waals surface area contributed by atoms with E-state index in [1.54, 1.807) is 0 Å². The van der Waals surface area contributed by atoms with E-state index in [1.807, 2.05) is 23.1 Å². The second-order valence-corrected chi connectivity index (χ2v) is 5.96. The summed E-state index contributed by atoms with van der Waals surface area (Å²) in [4.78, 5) is 14.5. The molecule has 1 aliphatic rings. The lowest BCUT2D eigenvalue weighted by molar-refractivity contribution is -0.120. The Labute approximate surface area is 115 Å². The fourth-order valence-corrected chi connectivity index (χ4v) is 2.81. The number of nitrogens with two attached hydrogens (primary N) is 1. The zero-order chi connectivity index (χ0) is 14.0. The smallest absolute Gasteiger partial charge is 0.244 e. The molecule has 2 N–H and O–H groups in total. The number of amides is 1. The lowest BCUT2D eigenvalue weighted by atomic mass is 9.94. The summed E-state index contributed by atoms with van der Waals surface area (Å²) >= 11 is 0. The topological polar surface area (TPSA) is 46.3 Å². The molecule has 0 spiro atoms. The molecule has 104 valence electrons. The molecular weight excluding hydrogens is 236 g/mol. The molecule has 0 radical (unpaired) electrons. The molecule has 1 aromatic carbocycles. The first-order valence-electron chi connectivity index (χ1n) is 7.17. The Hall–Kier alpha value is -1.35. The fourth-order valence-electron chi connectivity index (χ4n) is 2.81. The zero-order valence-electron chi connectivity index (χ0n) is 12.1. The number of para-hydroxylation sites is 1. The summed E-state index contributed by atoms with van der Waals surface area (Å²) in [5, 5.41) is 0. The van der Waals surface area contributed by atoms with E-state index in [2.05, 4.69) is 26.8 Å². The number of carbonyl (C=O) groups is 1. The highest BCUT2D eigenvalue weighted by molar-refractivity contribution is 5.98. The van der Waals surface area contributed by atoms with Crippen molar-refractivity contribution in [2.45, 2.75) is 52.1 Å². The van der Waals surface area contributed by atoms with E-state index >= 15 is 0 Å². The van der Waals surface area contributed by atoms with Gasteiger partial charge in [-0.2, -0.15) is 0 Å². The van der Waals surface area contributed by atoms with Crippen molar-refractivity contribution in [2.75, 3.05) is 4.90 Å². The quantitative estimate of drug-likeness (QED) is 0.908. The van der Waals surface area contributed by atoms with E-state index in [1.165, 1.54) is 5.56 Å². The Kier molecular flexibility index (Phi) is 4.25. The van der Waals surface area contributed by atoms with Crippen LogP contribution in [-0.2, 0) is 11.2 Å². The molecule has 3 heteroatoms. The van der Waals surface area contributed by atoms with Gasteiger partial charge in [-0.25, -0.2) is 0 Å². The molecule has 1 unspecified atom stereocenters. The highest BCUT2D eigenvalue weighted by atomic mass is 16.2. The molecule has 0 fully saturated rings. The number of aryl methyl sites for hydroxylation is 1. The Morgan fingerprint density at radius 1 is 1.42 bits per heavy atom. The number of hydrogen-bond donors (Lipinski definition) is 1. The normalized spacial score (nSPS) is 20.3. The van der Waals surface area contributed by atoms with Gasteiger partial charge in [0, 0.05) is 11.7 Å². The van der Waals surface area contributed by atoms with E-state index < -0.39 is 6.04 Å². The predicted molar refractivity (Wildman–Crippen MR) is 79.1 cm³/mol. The predicted octanol–water partition coefficient (Wildman–Crippen LogP) is 2.73. The van der Waals surface area contributed by atoms with Crippen LogP contribution in [0.25, 0.3) is 0 Å². The molecule has 1 heterocycles. The third kappa shape index (κ3) is 2.98. The van der Waals surface area contributed by atoms with Crippen molar-refractivity contribution in [1.82, 2.24) is 0 Å². The van der Waals surface area contributed by atoms with Gasteiger partial charge < -0.3 is 10.6 Å². The van der Waals surface area contributed by atoms with Crippen molar-refractivity contribution < 1.29 is 4.79 Å². The molecule has 19 heavy (non-hydrogen) atoms. The van der Waals surface area contributed by atoms with Crippen LogP contribution < -0.4 is 10.6 Å². The summed E-state index contributed by atoms with van der Waals surface area (Å²) in [5.74, 6) is 0.502. The molecule has 0 aliphatic carbocycles. The SMILES string of the molecule is CC(C)C[C@H](N)C(=O)N1c2ccccc2CCC1C. The van der Waals surface area contributed by atoms with Crippen molar-refractivity contribution >= 4 is 11.6 Å². The number of nitrogens with zero attached hydrogens (tertiary/aromatic N) is 1. The van der Waals surface area contributed by atoms with Crippen LogP contribution in [0.4, 0.5) is 5.69 Å². The minimum Gasteiger partial charge on any atom is -0.320 e. The van der Waals surface area contributed by atoms with Gasteiger partial charge in [-0.05, 0) is 43.7 Å². The summed E-state index contributed by atoms with van der Waals surface area (Å²) in [6, 6.07) is 8.01. The second-order valence-electron chi connectivity index (χ2n) is 5.96.